The van der Waals surface area contributed by atoms with Crippen molar-refractivity contribution in [1.82, 2.24) is 5.32 Å². The van der Waals surface area contributed by atoms with Gasteiger partial charge in [-0.3, -0.25) is 0 Å². The number of rotatable bonds is 2. The number of nitrogens with one attached hydrogen (secondary N) is 1. The standard InChI is InChI=1S/C13H23NO2/c1-5-13(6-1)10-12(4-9-16-13)14-11-2-7-15-8-3-11/h11-12,14H,1-10H2. The fraction of sp³-hybridized carbons (Fsp3) is 1.00. The maximum Gasteiger partial charge on any atom is 0.0697 e. The summed E-state index contributed by atoms with van der Waals surface area (Å²) >= 11 is 0. The maximum atomic E-state index is 5.96. The summed E-state index contributed by atoms with van der Waals surface area (Å²) in [5, 5.41) is 3.82. The Bertz CT molecular complexity index is 234. The van der Waals surface area contributed by atoms with Crippen LogP contribution < -0.4 is 5.32 Å². The third-order valence-electron chi connectivity index (χ3n) is 4.45. The highest BCUT2D eigenvalue weighted by Crippen LogP contribution is 2.42. The Kier molecular flexibility index (Phi) is 3.18. The van der Waals surface area contributed by atoms with E-state index in [4.69, 9.17) is 9.47 Å². The van der Waals surface area contributed by atoms with Crippen molar-refractivity contribution in [2.75, 3.05) is 19.8 Å². The molecule has 1 saturated carbocycles. The molecule has 3 heteroatoms. The molecule has 1 aliphatic carbocycles. The molecular weight excluding hydrogens is 202 g/mol. The van der Waals surface area contributed by atoms with E-state index in [1.807, 2.05) is 0 Å². The van der Waals surface area contributed by atoms with Crippen molar-refractivity contribution in [3.63, 3.8) is 0 Å². The van der Waals surface area contributed by atoms with Crippen LogP contribution in [0.4, 0.5) is 0 Å². The van der Waals surface area contributed by atoms with Crippen LogP contribution in [0, 0.1) is 0 Å². The van der Waals surface area contributed by atoms with E-state index in [0.29, 0.717) is 12.1 Å². The summed E-state index contributed by atoms with van der Waals surface area (Å²) < 4.78 is 11.4. The van der Waals surface area contributed by atoms with Crippen LogP contribution in [0.1, 0.15) is 44.9 Å². The maximum absolute atomic E-state index is 5.96. The van der Waals surface area contributed by atoms with Crippen molar-refractivity contribution in [2.24, 2.45) is 0 Å². The van der Waals surface area contributed by atoms with Gasteiger partial charge in [0.2, 0.25) is 0 Å². The zero-order chi connectivity index (χ0) is 10.8. The Labute approximate surface area is 97.9 Å². The molecule has 1 unspecified atom stereocenters. The van der Waals surface area contributed by atoms with Crippen molar-refractivity contribution >= 4 is 0 Å². The SMILES string of the molecule is C1CC2(C1)CC(NC1CCOCC1)CCO2. The predicted molar refractivity (Wildman–Crippen MR) is 62.5 cm³/mol. The average Bonchev–Trinajstić information content (AvgIpc) is 2.29. The van der Waals surface area contributed by atoms with E-state index in [0.717, 1.165) is 19.8 Å². The molecule has 2 saturated heterocycles. The second-order valence-electron chi connectivity index (χ2n) is 5.63. The first-order valence-electron chi connectivity index (χ1n) is 6.84. The highest BCUT2D eigenvalue weighted by molar-refractivity contribution is 4.96. The van der Waals surface area contributed by atoms with Crippen LogP contribution in [-0.2, 0) is 9.47 Å². The van der Waals surface area contributed by atoms with Crippen molar-refractivity contribution < 1.29 is 9.47 Å². The van der Waals surface area contributed by atoms with Crippen LogP contribution in [-0.4, -0.2) is 37.5 Å². The van der Waals surface area contributed by atoms with Gasteiger partial charge in [-0.05, 0) is 44.9 Å². The minimum absolute atomic E-state index is 0.279. The van der Waals surface area contributed by atoms with Gasteiger partial charge in [-0.2, -0.15) is 0 Å². The van der Waals surface area contributed by atoms with Crippen LogP contribution in [0.2, 0.25) is 0 Å². The molecule has 3 nitrogen and oxygen atoms in total. The van der Waals surface area contributed by atoms with Gasteiger partial charge in [0.1, 0.15) is 0 Å². The van der Waals surface area contributed by atoms with Gasteiger partial charge in [0.05, 0.1) is 5.60 Å². The van der Waals surface area contributed by atoms with Crippen LogP contribution in [0.3, 0.4) is 0 Å². The Morgan fingerprint density at radius 3 is 2.38 bits per heavy atom. The molecule has 0 amide bonds. The van der Waals surface area contributed by atoms with E-state index in [-0.39, 0.29) is 5.60 Å². The second-order valence-corrected chi connectivity index (χ2v) is 5.63. The summed E-state index contributed by atoms with van der Waals surface area (Å²) in [5.74, 6) is 0. The predicted octanol–water partition coefficient (Wildman–Crippen LogP) is 1.86. The molecule has 3 fully saturated rings. The number of ether oxygens (including phenoxy) is 2. The summed E-state index contributed by atoms with van der Waals surface area (Å²) in [5.41, 5.74) is 0.279. The van der Waals surface area contributed by atoms with Crippen LogP contribution in [0.15, 0.2) is 0 Å². The second kappa shape index (κ2) is 4.63. The summed E-state index contributed by atoms with van der Waals surface area (Å²) in [4.78, 5) is 0. The van der Waals surface area contributed by atoms with Crippen molar-refractivity contribution in [3.05, 3.63) is 0 Å². The first-order chi connectivity index (χ1) is 7.86. The van der Waals surface area contributed by atoms with E-state index in [1.54, 1.807) is 0 Å². The van der Waals surface area contributed by atoms with Gasteiger partial charge >= 0.3 is 0 Å². The van der Waals surface area contributed by atoms with E-state index in [2.05, 4.69) is 5.32 Å². The summed E-state index contributed by atoms with van der Waals surface area (Å²) in [7, 11) is 0. The van der Waals surface area contributed by atoms with E-state index < -0.39 is 0 Å². The largest absolute Gasteiger partial charge is 0.381 e. The Balaban J connectivity index is 1.50. The summed E-state index contributed by atoms with van der Waals surface area (Å²) in [6, 6.07) is 1.38. The highest BCUT2D eigenvalue weighted by atomic mass is 16.5. The van der Waals surface area contributed by atoms with Crippen LogP contribution in [0.5, 0.6) is 0 Å². The molecule has 3 aliphatic rings. The summed E-state index contributed by atoms with van der Waals surface area (Å²) in [6.45, 7) is 2.83. The molecule has 16 heavy (non-hydrogen) atoms. The van der Waals surface area contributed by atoms with Crippen molar-refractivity contribution in [3.8, 4) is 0 Å². The molecule has 1 atom stereocenters. The van der Waals surface area contributed by atoms with E-state index in [1.165, 1.54) is 44.9 Å². The van der Waals surface area contributed by atoms with Gasteiger partial charge in [0.15, 0.2) is 0 Å². The van der Waals surface area contributed by atoms with Crippen molar-refractivity contribution in [1.29, 1.82) is 0 Å². The molecule has 2 heterocycles. The molecule has 1 spiro atoms. The minimum atomic E-state index is 0.279. The average molecular weight is 225 g/mol. The fourth-order valence-corrected chi connectivity index (χ4v) is 3.29. The lowest BCUT2D eigenvalue weighted by Gasteiger charge is -2.48. The minimum Gasteiger partial charge on any atom is -0.381 e. The molecule has 0 aromatic heterocycles. The molecule has 0 bridgehead atoms. The van der Waals surface area contributed by atoms with Gasteiger partial charge in [-0.1, -0.05) is 0 Å². The van der Waals surface area contributed by atoms with Gasteiger partial charge in [-0.15, -0.1) is 0 Å². The molecule has 1 N–H and O–H groups in total. The molecule has 0 aromatic carbocycles. The lowest BCUT2D eigenvalue weighted by Crippen LogP contribution is -2.53. The first kappa shape index (κ1) is 11.0. The van der Waals surface area contributed by atoms with Crippen LogP contribution >= 0.6 is 0 Å². The smallest absolute Gasteiger partial charge is 0.0697 e. The molecule has 2 aliphatic heterocycles. The fourth-order valence-electron chi connectivity index (χ4n) is 3.29. The van der Waals surface area contributed by atoms with Gasteiger partial charge in [-0.25, -0.2) is 0 Å². The molecule has 0 radical (unpaired) electrons. The van der Waals surface area contributed by atoms with E-state index in [9.17, 15) is 0 Å². The van der Waals surface area contributed by atoms with Gasteiger partial charge < -0.3 is 14.8 Å². The van der Waals surface area contributed by atoms with Gasteiger partial charge in [0.25, 0.3) is 0 Å². The van der Waals surface area contributed by atoms with Crippen LogP contribution in [0.25, 0.3) is 0 Å². The normalized spacial score (nSPS) is 34.9. The highest BCUT2D eigenvalue weighted by Gasteiger charge is 2.42. The summed E-state index contributed by atoms with van der Waals surface area (Å²) in [6.07, 6.45) is 8.75. The Morgan fingerprint density at radius 2 is 1.69 bits per heavy atom. The Hall–Kier alpha value is -0.120. The first-order valence-corrected chi connectivity index (χ1v) is 6.84. The van der Waals surface area contributed by atoms with Crippen molar-refractivity contribution in [2.45, 2.75) is 62.6 Å². The third kappa shape index (κ3) is 2.27. The molecule has 92 valence electrons. The van der Waals surface area contributed by atoms with Gasteiger partial charge in [0, 0.05) is 31.9 Å². The zero-order valence-electron chi connectivity index (χ0n) is 10.0. The molecular formula is C13H23NO2. The zero-order valence-corrected chi connectivity index (χ0v) is 10.0. The number of hydrogen-bond donors (Lipinski definition) is 1. The molecule has 0 aromatic rings. The lowest BCUT2D eigenvalue weighted by molar-refractivity contribution is -0.137. The monoisotopic (exact) mass is 225 g/mol. The quantitative estimate of drug-likeness (QED) is 0.778. The number of hydrogen-bond acceptors (Lipinski definition) is 3. The third-order valence-corrected chi connectivity index (χ3v) is 4.45. The van der Waals surface area contributed by atoms with E-state index >= 15 is 0 Å². The molecule has 3 rings (SSSR count). The topological polar surface area (TPSA) is 30.5 Å². The lowest BCUT2D eigenvalue weighted by atomic mass is 9.74. The Morgan fingerprint density at radius 1 is 0.938 bits per heavy atom.